The van der Waals surface area contributed by atoms with Gasteiger partial charge >= 0.3 is 0 Å². The van der Waals surface area contributed by atoms with E-state index in [0.29, 0.717) is 13.2 Å². The van der Waals surface area contributed by atoms with Gasteiger partial charge in [-0.2, -0.15) is 0 Å². The lowest BCUT2D eigenvalue weighted by molar-refractivity contribution is 0.171. The molecule has 0 amide bonds. The summed E-state index contributed by atoms with van der Waals surface area (Å²) in [4.78, 5) is 11.5. The van der Waals surface area contributed by atoms with Gasteiger partial charge in [-0.05, 0) is 36.6 Å². The molecule has 0 spiro atoms. The summed E-state index contributed by atoms with van der Waals surface area (Å²) in [6.07, 6.45) is 1.03. The van der Waals surface area contributed by atoms with Crippen LogP contribution in [0.3, 0.4) is 0 Å². The van der Waals surface area contributed by atoms with Gasteiger partial charge in [0.1, 0.15) is 30.7 Å². The number of hydrogen-bond donors (Lipinski definition) is 1. The molecular weight excluding hydrogens is 352 g/mol. The van der Waals surface area contributed by atoms with E-state index < -0.39 is 0 Å². The average Bonchev–Trinajstić information content (AvgIpc) is 2.73. The van der Waals surface area contributed by atoms with E-state index >= 15 is 0 Å². The molecule has 1 N–H and O–H groups in total. The number of ether oxygens (including phenoxy) is 2. The Hall–Kier alpha value is -3.28. The number of benzene rings is 2. The fraction of sp³-hybridized carbons (Fsp3) is 0.273. The summed E-state index contributed by atoms with van der Waals surface area (Å²) >= 11 is 0. The first kappa shape index (κ1) is 16.9. The van der Waals surface area contributed by atoms with E-state index in [0.717, 1.165) is 54.2 Å². The Bertz CT molecular complexity index is 1020. The lowest BCUT2D eigenvalue weighted by Gasteiger charge is -2.30. The van der Waals surface area contributed by atoms with Gasteiger partial charge in [-0.3, -0.25) is 0 Å². The van der Waals surface area contributed by atoms with E-state index in [9.17, 15) is 0 Å². The molecule has 1 aromatic heterocycles. The van der Waals surface area contributed by atoms with Crippen molar-refractivity contribution in [1.82, 2.24) is 9.97 Å². The highest BCUT2D eigenvalue weighted by molar-refractivity contribution is 5.64. The molecule has 2 aliphatic rings. The van der Waals surface area contributed by atoms with Gasteiger partial charge in [-0.1, -0.05) is 24.3 Å². The summed E-state index contributed by atoms with van der Waals surface area (Å²) in [6.45, 7) is 4.92. The first-order valence-corrected chi connectivity index (χ1v) is 9.59. The zero-order chi connectivity index (χ0) is 18.9. The minimum Gasteiger partial charge on any atom is -0.486 e. The van der Waals surface area contributed by atoms with Crippen molar-refractivity contribution in [3.8, 4) is 11.5 Å². The lowest BCUT2D eigenvalue weighted by atomic mass is 10.00. The molecule has 2 aromatic carbocycles. The highest BCUT2D eigenvalue weighted by Gasteiger charge is 2.18. The van der Waals surface area contributed by atoms with Gasteiger partial charge in [0.2, 0.25) is 0 Å². The molecule has 0 radical (unpaired) electrons. The van der Waals surface area contributed by atoms with E-state index in [4.69, 9.17) is 9.47 Å². The van der Waals surface area contributed by atoms with Crippen molar-refractivity contribution < 1.29 is 9.47 Å². The minimum atomic E-state index is 0.573. The second-order valence-corrected chi connectivity index (χ2v) is 7.08. The van der Waals surface area contributed by atoms with Crippen molar-refractivity contribution >= 4 is 17.3 Å². The smallest absolute Gasteiger partial charge is 0.163 e. The Morgan fingerprint density at radius 2 is 1.75 bits per heavy atom. The molecule has 0 saturated carbocycles. The molecular formula is C22H22N4O2. The fourth-order valence-electron chi connectivity index (χ4n) is 3.74. The number of nitrogens with one attached hydrogen (secondary N) is 1. The molecule has 0 atom stereocenters. The van der Waals surface area contributed by atoms with Gasteiger partial charge < -0.3 is 19.7 Å². The molecule has 6 nitrogen and oxygen atoms in total. The van der Waals surface area contributed by atoms with Crippen LogP contribution in [0.2, 0.25) is 0 Å². The van der Waals surface area contributed by atoms with Gasteiger partial charge in [0.05, 0.1) is 0 Å². The third kappa shape index (κ3) is 3.33. The van der Waals surface area contributed by atoms with Crippen LogP contribution in [-0.4, -0.2) is 29.7 Å². The summed E-state index contributed by atoms with van der Waals surface area (Å²) in [5, 5.41) is 3.38. The van der Waals surface area contributed by atoms with Crippen molar-refractivity contribution in [1.29, 1.82) is 0 Å². The highest BCUT2D eigenvalue weighted by Crippen LogP contribution is 2.34. The van der Waals surface area contributed by atoms with Crippen LogP contribution in [0.1, 0.15) is 17.0 Å². The third-order valence-corrected chi connectivity index (χ3v) is 5.09. The maximum absolute atomic E-state index is 5.67. The number of nitrogens with zero attached hydrogens (tertiary/aromatic N) is 3. The van der Waals surface area contributed by atoms with Crippen LogP contribution in [0.5, 0.6) is 11.5 Å². The maximum atomic E-state index is 5.67. The number of anilines is 3. The number of rotatable bonds is 3. The third-order valence-electron chi connectivity index (χ3n) is 5.09. The Morgan fingerprint density at radius 1 is 0.929 bits per heavy atom. The maximum Gasteiger partial charge on any atom is 0.163 e. The summed E-state index contributed by atoms with van der Waals surface area (Å²) in [6, 6.07) is 16.5. The number of aromatic nitrogens is 2. The van der Waals surface area contributed by atoms with E-state index in [1.807, 2.05) is 31.2 Å². The van der Waals surface area contributed by atoms with Crippen molar-refractivity contribution in [3.05, 3.63) is 65.5 Å². The van der Waals surface area contributed by atoms with Crippen LogP contribution < -0.4 is 19.7 Å². The molecule has 0 unspecified atom stereocenters. The Morgan fingerprint density at radius 3 is 2.64 bits per heavy atom. The number of fused-ring (bicyclic) bond motifs is 2. The van der Waals surface area contributed by atoms with Gasteiger partial charge in [0.25, 0.3) is 0 Å². The van der Waals surface area contributed by atoms with Crippen LogP contribution in [0.15, 0.2) is 48.5 Å². The van der Waals surface area contributed by atoms with Crippen molar-refractivity contribution in [2.24, 2.45) is 0 Å². The lowest BCUT2D eigenvalue weighted by Crippen LogP contribution is -2.31. The van der Waals surface area contributed by atoms with Crippen LogP contribution in [0, 0.1) is 6.92 Å². The van der Waals surface area contributed by atoms with Crippen LogP contribution >= 0.6 is 0 Å². The standard InChI is InChI=1S/C22H22N4O2/c1-15-23-21(25-18-6-7-19-20(12-18)28-11-10-27-19)13-22(24-15)26-9-8-16-4-2-3-5-17(16)14-26/h2-7,12-13H,8-11,14H2,1H3,(H,23,24,25). The predicted octanol–water partition coefficient (Wildman–Crippen LogP) is 3.86. The SMILES string of the molecule is Cc1nc(Nc2ccc3c(c2)OCCO3)cc(N2CCc3ccccc3C2)n1. The van der Waals surface area contributed by atoms with Crippen molar-refractivity contribution in [2.45, 2.75) is 19.9 Å². The normalized spacial score (nSPS) is 15.1. The number of hydrogen-bond acceptors (Lipinski definition) is 6. The van der Waals surface area contributed by atoms with E-state index in [2.05, 4.69) is 44.5 Å². The molecule has 0 aliphatic carbocycles. The van der Waals surface area contributed by atoms with Crippen LogP contribution in [0.25, 0.3) is 0 Å². The topological polar surface area (TPSA) is 59.5 Å². The summed E-state index contributed by atoms with van der Waals surface area (Å²) < 4.78 is 11.3. The molecule has 6 heteroatoms. The quantitative estimate of drug-likeness (QED) is 0.751. The van der Waals surface area contributed by atoms with Crippen LogP contribution in [-0.2, 0) is 13.0 Å². The summed E-state index contributed by atoms with van der Waals surface area (Å²) in [5.74, 6) is 4.01. The molecule has 0 bridgehead atoms. The van der Waals surface area contributed by atoms with Gasteiger partial charge in [-0.25, -0.2) is 9.97 Å². The zero-order valence-corrected chi connectivity index (χ0v) is 15.8. The molecule has 2 aliphatic heterocycles. The Kier molecular flexibility index (Phi) is 4.24. The Balaban J connectivity index is 1.39. The van der Waals surface area contributed by atoms with Crippen LogP contribution in [0.4, 0.5) is 17.3 Å². The predicted molar refractivity (Wildman–Crippen MR) is 109 cm³/mol. The van der Waals surface area contributed by atoms with Gasteiger partial charge in [-0.15, -0.1) is 0 Å². The molecule has 3 heterocycles. The molecule has 28 heavy (non-hydrogen) atoms. The second kappa shape index (κ2) is 7.03. The van der Waals surface area contributed by atoms with E-state index in [-0.39, 0.29) is 0 Å². The average molecular weight is 374 g/mol. The largest absolute Gasteiger partial charge is 0.486 e. The molecule has 0 fully saturated rings. The Labute approximate surface area is 164 Å². The number of aryl methyl sites for hydroxylation is 1. The van der Waals surface area contributed by atoms with E-state index in [1.165, 1.54) is 11.1 Å². The van der Waals surface area contributed by atoms with Gasteiger partial charge in [0.15, 0.2) is 11.5 Å². The zero-order valence-electron chi connectivity index (χ0n) is 15.8. The fourth-order valence-corrected chi connectivity index (χ4v) is 3.74. The molecule has 0 saturated heterocycles. The monoisotopic (exact) mass is 374 g/mol. The minimum absolute atomic E-state index is 0.573. The van der Waals surface area contributed by atoms with Gasteiger partial charge in [0, 0.05) is 30.9 Å². The molecule has 5 rings (SSSR count). The summed E-state index contributed by atoms with van der Waals surface area (Å²) in [5.41, 5.74) is 3.71. The summed E-state index contributed by atoms with van der Waals surface area (Å²) in [7, 11) is 0. The highest BCUT2D eigenvalue weighted by atomic mass is 16.6. The van der Waals surface area contributed by atoms with Crippen molar-refractivity contribution in [2.75, 3.05) is 30.0 Å². The molecule has 3 aromatic rings. The second-order valence-electron chi connectivity index (χ2n) is 7.08. The molecule has 142 valence electrons. The van der Waals surface area contributed by atoms with Crippen molar-refractivity contribution in [3.63, 3.8) is 0 Å². The first-order chi connectivity index (χ1) is 13.7. The van der Waals surface area contributed by atoms with E-state index in [1.54, 1.807) is 0 Å². The first-order valence-electron chi connectivity index (χ1n) is 9.59.